The number of carbonyl (C=O) groups excluding carboxylic acids is 7. The van der Waals surface area contributed by atoms with Crippen molar-refractivity contribution in [1.29, 1.82) is 0 Å². The standard InChI is InChI=1S/C109H130N4O28/c1-8-9-10-11-12-13-14-15-16-17-18-40-59-86(122-60-76-43-26-19-27-44-76)92(123-61-77-45-28-20-29-46-77)85(111-112-110)66-128-107-101(98(126-64-80-51-34-23-35-52-80)95-89(137-107)69-129-105(139-95)82-55-38-25-39-56-82)141-108-100(127-65-81-53-36-24-37-54-81)97(125-63-79-49-32-22-33-50-79)93(124-62-78-47-30-21-31-48-78)87(138-108)68-130-106-90(113-103(119)83-57-41-42-58-84(83)104(113)120)96(94(133-73(5)116)88(136-106)67-121-71(3)114)140-109-102(135-75(7)118)99(134-74(6)117)91(70(2)131-109)132-72(4)115/h19-39,41-58,70,85-102,105-109H,8-18,40,59-69H2,1-7H3/t70-,85-,86+,87+,88+,89+,90+,91-,92-,93-,94-,95-,96+,97-,98-,99+,100+,101+,102+,105?,106+,107-,108+,109-/m0/s1. The van der Waals surface area contributed by atoms with Crippen molar-refractivity contribution in [3.63, 3.8) is 0 Å². The Kier molecular flexibility index (Phi) is 40.8. The third-order valence-corrected chi connectivity index (χ3v) is 25.5. The lowest BCUT2D eigenvalue weighted by Gasteiger charge is -2.52. The van der Waals surface area contributed by atoms with Crippen molar-refractivity contribution in [2.24, 2.45) is 5.11 Å². The summed E-state index contributed by atoms with van der Waals surface area (Å²) in [4.78, 5) is 103. The zero-order chi connectivity index (χ0) is 98.8. The van der Waals surface area contributed by atoms with Gasteiger partial charge in [0.1, 0.15) is 73.7 Å². The Morgan fingerprint density at radius 3 is 1.33 bits per heavy atom. The van der Waals surface area contributed by atoms with Crippen LogP contribution in [0.1, 0.15) is 198 Å². The number of benzene rings is 8. The second-order valence-corrected chi connectivity index (χ2v) is 36.1. The first kappa shape index (κ1) is 106. The van der Waals surface area contributed by atoms with E-state index in [1.165, 1.54) is 64.0 Å². The summed E-state index contributed by atoms with van der Waals surface area (Å²) in [6.45, 7) is 7.19. The molecule has 5 fully saturated rings. The van der Waals surface area contributed by atoms with Gasteiger partial charge in [-0.25, -0.2) is 0 Å². The number of hydrogen-bond acceptors (Lipinski definition) is 29. The van der Waals surface area contributed by atoms with E-state index < -0.39 is 209 Å². The molecule has 0 spiro atoms. The van der Waals surface area contributed by atoms with Crippen molar-refractivity contribution < 1.29 is 133 Å². The van der Waals surface area contributed by atoms with Crippen LogP contribution in [0, 0.1) is 0 Å². The van der Waals surface area contributed by atoms with Gasteiger partial charge < -0.3 is 99.5 Å². The fourth-order valence-corrected chi connectivity index (χ4v) is 18.7. The monoisotopic (exact) mass is 1940 g/mol. The van der Waals surface area contributed by atoms with Crippen LogP contribution in [0.4, 0.5) is 0 Å². The smallest absolute Gasteiger partial charge is 0.303 e. The van der Waals surface area contributed by atoms with Crippen LogP contribution in [0.25, 0.3) is 10.4 Å². The molecule has 0 N–H and O–H groups in total. The zero-order valence-corrected chi connectivity index (χ0v) is 80.9. The fraction of sp³-hybridized carbons (Fsp3) is 0.495. The van der Waals surface area contributed by atoms with E-state index in [0.29, 0.717) is 17.5 Å². The van der Waals surface area contributed by atoms with Crippen LogP contribution in [0.2, 0.25) is 0 Å². The molecule has 5 saturated heterocycles. The first-order chi connectivity index (χ1) is 68.7. The predicted octanol–water partition coefficient (Wildman–Crippen LogP) is 17.1. The molecule has 0 aromatic heterocycles. The number of carbonyl (C=O) groups is 7. The Balaban J connectivity index is 0.903. The number of nitrogens with zero attached hydrogens (tertiary/aromatic N) is 4. The van der Waals surface area contributed by atoms with Gasteiger partial charge in [0.2, 0.25) is 0 Å². The molecule has 32 heteroatoms. The Labute approximate surface area is 822 Å². The van der Waals surface area contributed by atoms with E-state index in [0.717, 1.165) is 99.4 Å². The second kappa shape index (κ2) is 54.4. The number of unbranched alkanes of at least 4 members (excludes halogenated alkanes) is 11. The number of hydrogen-bond donors (Lipinski definition) is 0. The second-order valence-electron chi connectivity index (χ2n) is 36.1. The Morgan fingerprint density at radius 1 is 0.397 bits per heavy atom. The minimum atomic E-state index is -2.01. The zero-order valence-electron chi connectivity index (χ0n) is 80.9. The summed E-state index contributed by atoms with van der Waals surface area (Å²) >= 11 is 0. The summed E-state index contributed by atoms with van der Waals surface area (Å²) in [5, 5.41) is 4.59. The van der Waals surface area contributed by atoms with Gasteiger partial charge in [0, 0.05) is 45.1 Å². The third-order valence-electron chi connectivity index (χ3n) is 25.5. The van der Waals surface area contributed by atoms with E-state index in [2.05, 4.69) is 16.9 Å². The Hall–Kier alpha value is -11.1. The summed E-state index contributed by atoms with van der Waals surface area (Å²) in [7, 11) is 0. The van der Waals surface area contributed by atoms with Gasteiger partial charge in [0.25, 0.3) is 11.8 Å². The molecule has 754 valence electrons. The summed E-state index contributed by atoms with van der Waals surface area (Å²) in [6.07, 6.45) is -17.8. The SMILES string of the molecule is CCCCCCCCCCCCCC[C@@H](OCc1ccccc1)[C@@H](OCc1ccccc1)[C@H](CO[C@H]1O[C@@H]2COC(c3ccccc3)O[C@@H]2[C@H](OCc2ccccc2)[C@H]1O[C@H]1O[C@H](CO[C@@H]2O[C@H](COC(C)=O)[C@H](OC(C)=O)[C@H](O[C@@H]3O[C@@H](C)[C@H](OC(C)=O)[C@@H](OC(C)=O)[C@H]3OC(C)=O)[C@H]2N2C(=O)c3ccccc3C2=O)[C@H](OCc2ccccc2)[C@H](OCc2ccccc2)[C@H]1OCc1ccccc1)N=[N+]=[N-]. The highest BCUT2D eigenvalue weighted by Crippen LogP contribution is 2.44. The maximum Gasteiger partial charge on any atom is 0.303 e. The molecule has 32 nitrogen and oxygen atoms in total. The molecule has 6 aliphatic rings. The van der Waals surface area contributed by atoms with Gasteiger partial charge in [-0.2, -0.15) is 0 Å². The van der Waals surface area contributed by atoms with E-state index in [1.54, 1.807) is 12.1 Å². The molecule has 0 saturated carbocycles. The highest BCUT2D eigenvalue weighted by molar-refractivity contribution is 6.21. The first-order valence-electron chi connectivity index (χ1n) is 49.0. The molecule has 2 amide bonds. The largest absolute Gasteiger partial charge is 0.463 e. The van der Waals surface area contributed by atoms with Gasteiger partial charge in [-0.05, 0) is 64.4 Å². The number of esters is 5. The van der Waals surface area contributed by atoms with Gasteiger partial charge in [-0.15, -0.1) is 0 Å². The first-order valence-corrected chi connectivity index (χ1v) is 49.0. The number of imide groups is 1. The summed E-state index contributed by atoms with van der Waals surface area (Å²) in [5.74, 6) is -6.34. The molecule has 8 aromatic carbocycles. The maximum absolute atomic E-state index is 15.7. The van der Waals surface area contributed by atoms with Crippen LogP contribution in [0.5, 0.6) is 0 Å². The quantitative estimate of drug-likeness (QED) is 0.00650. The molecule has 1 unspecified atom stereocenters. The molecule has 6 heterocycles. The van der Waals surface area contributed by atoms with E-state index in [9.17, 15) is 29.5 Å². The van der Waals surface area contributed by atoms with Crippen molar-refractivity contribution in [1.82, 2.24) is 4.90 Å². The average Bonchev–Trinajstić information content (AvgIpc) is 1.72. The van der Waals surface area contributed by atoms with Gasteiger partial charge in [-0.1, -0.05) is 314 Å². The lowest BCUT2D eigenvalue weighted by atomic mass is 9.93. The van der Waals surface area contributed by atoms with Gasteiger partial charge >= 0.3 is 29.8 Å². The number of rotatable bonds is 52. The molecule has 0 aliphatic carbocycles. The number of fused-ring (bicyclic) bond motifs is 2. The minimum Gasteiger partial charge on any atom is -0.463 e. The molecule has 24 atom stereocenters. The Bertz CT molecular complexity index is 5200. The highest BCUT2D eigenvalue weighted by atomic mass is 16.8. The number of amides is 2. The van der Waals surface area contributed by atoms with E-state index in [4.69, 9.17) is 99.5 Å². The van der Waals surface area contributed by atoms with Crippen LogP contribution in [0.15, 0.2) is 242 Å². The summed E-state index contributed by atoms with van der Waals surface area (Å²) in [6, 6.07) is 69.5. The van der Waals surface area contributed by atoms with E-state index in [-0.39, 0.29) is 57.4 Å². The topological polar surface area (TPSA) is 365 Å². The third kappa shape index (κ3) is 30.0. The molecule has 14 rings (SSSR count). The van der Waals surface area contributed by atoms with E-state index in [1.807, 2.05) is 212 Å². The maximum atomic E-state index is 15.7. The molecule has 141 heavy (non-hydrogen) atoms. The Morgan fingerprint density at radius 2 is 0.823 bits per heavy atom. The van der Waals surface area contributed by atoms with Gasteiger partial charge in [0.15, 0.2) is 55.9 Å². The molecular weight excluding hydrogens is 1810 g/mol. The normalized spacial score (nSPS) is 26.5. The fourth-order valence-electron chi connectivity index (χ4n) is 18.7. The van der Waals surface area contributed by atoms with Gasteiger partial charge in [-0.3, -0.25) is 38.5 Å². The number of azide groups is 1. The number of ether oxygens (including phenoxy) is 21. The minimum absolute atomic E-state index is 0.0407. The molecule has 0 radical (unpaired) electrons. The molecule has 8 aromatic rings. The van der Waals surface area contributed by atoms with E-state index >= 15 is 9.59 Å². The van der Waals surface area contributed by atoms with Crippen molar-refractivity contribution >= 4 is 41.7 Å². The van der Waals surface area contributed by atoms with Crippen LogP contribution >= 0.6 is 0 Å². The van der Waals surface area contributed by atoms with Crippen molar-refractivity contribution in [2.75, 3.05) is 26.4 Å². The van der Waals surface area contributed by atoms with Gasteiger partial charge in [0.05, 0.1) is 94.9 Å². The van der Waals surface area contributed by atoms with Crippen LogP contribution in [0.3, 0.4) is 0 Å². The lowest BCUT2D eigenvalue weighted by Crippen LogP contribution is -2.70. The molecule has 6 aliphatic heterocycles. The highest BCUT2D eigenvalue weighted by Gasteiger charge is 2.62. The van der Waals surface area contributed by atoms with Crippen molar-refractivity contribution in [3.05, 3.63) is 297 Å². The van der Waals surface area contributed by atoms with Crippen molar-refractivity contribution in [3.8, 4) is 0 Å². The van der Waals surface area contributed by atoms with Crippen LogP contribution in [-0.2, 0) is 163 Å². The summed E-state index contributed by atoms with van der Waals surface area (Å²) in [5.41, 5.74) is 16.3. The average molecular weight is 1940 g/mol. The van der Waals surface area contributed by atoms with Crippen molar-refractivity contribution in [2.45, 2.75) is 319 Å². The van der Waals surface area contributed by atoms with Crippen LogP contribution in [-0.4, -0.2) is 214 Å². The summed E-state index contributed by atoms with van der Waals surface area (Å²) < 4.78 is 145. The lowest BCUT2D eigenvalue weighted by molar-refractivity contribution is -0.404. The van der Waals surface area contributed by atoms with Crippen LogP contribution < -0.4 is 0 Å². The molecular formula is C109H130N4O28. The molecule has 0 bridgehead atoms. The predicted molar refractivity (Wildman–Crippen MR) is 510 cm³/mol.